The summed E-state index contributed by atoms with van der Waals surface area (Å²) in [4.78, 5) is 23.6. The van der Waals surface area contributed by atoms with Crippen molar-refractivity contribution in [2.45, 2.75) is 70.4 Å². The van der Waals surface area contributed by atoms with Crippen molar-refractivity contribution in [1.82, 2.24) is 0 Å². The molecule has 0 unspecified atom stereocenters. The molecule has 1 aromatic rings. The van der Waals surface area contributed by atoms with E-state index in [0.717, 1.165) is 37.0 Å². The van der Waals surface area contributed by atoms with Crippen molar-refractivity contribution < 1.29 is 14.5 Å². The molecule has 4 aliphatic carbocycles. The molecule has 1 N–H and O–H groups in total. The predicted octanol–water partition coefficient (Wildman–Crippen LogP) is 4.93. The zero-order valence-corrected chi connectivity index (χ0v) is 16.3. The van der Waals surface area contributed by atoms with Crippen LogP contribution in [0.4, 0.5) is 11.4 Å². The van der Waals surface area contributed by atoms with Crippen molar-refractivity contribution in [3.63, 3.8) is 0 Å². The number of rotatable bonds is 4. The molecule has 0 saturated heterocycles. The summed E-state index contributed by atoms with van der Waals surface area (Å²) in [5, 5.41) is 15.2. The van der Waals surface area contributed by atoms with E-state index in [1.807, 2.05) is 0 Å². The van der Waals surface area contributed by atoms with Crippen molar-refractivity contribution >= 4 is 17.3 Å². The standard InChI is InChI=1S/C21H28N2O4/c1-20(2,3)27-19(24)16-4-5-17(18(9-16)23(25)26)22-21-10-13-6-14(11-21)8-15(7-13)12-21/h4-5,9,13-15,22H,6-8,10-12H2,1-3H3. The predicted molar refractivity (Wildman–Crippen MR) is 103 cm³/mol. The van der Waals surface area contributed by atoms with Crippen LogP contribution in [0.2, 0.25) is 0 Å². The Bertz CT molecular complexity index is 746. The third-order valence-corrected chi connectivity index (χ3v) is 6.27. The number of nitro benzene ring substituents is 1. The number of carbonyl (C=O) groups is 1. The molecule has 0 heterocycles. The molecule has 1 aromatic carbocycles. The minimum absolute atomic E-state index is 0.0209. The molecule has 0 radical (unpaired) electrons. The number of nitro groups is 1. The number of anilines is 1. The number of carbonyl (C=O) groups excluding carboxylic acids is 1. The molecule has 0 spiro atoms. The Kier molecular flexibility index (Phi) is 4.20. The molecule has 0 amide bonds. The van der Waals surface area contributed by atoms with Gasteiger partial charge in [0.05, 0.1) is 10.5 Å². The van der Waals surface area contributed by atoms with Crippen LogP contribution in [-0.2, 0) is 4.74 Å². The number of hydrogen-bond donors (Lipinski definition) is 1. The Morgan fingerprint density at radius 2 is 1.70 bits per heavy atom. The van der Waals surface area contributed by atoms with Gasteiger partial charge in [-0.3, -0.25) is 10.1 Å². The van der Waals surface area contributed by atoms with Crippen molar-refractivity contribution in [3.05, 3.63) is 33.9 Å². The average molecular weight is 372 g/mol. The summed E-state index contributed by atoms with van der Waals surface area (Å²) in [6, 6.07) is 4.65. The monoisotopic (exact) mass is 372 g/mol. The van der Waals surface area contributed by atoms with Crippen LogP contribution in [0.15, 0.2) is 18.2 Å². The summed E-state index contributed by atoms with van der Waals surface area (Å²) in [6.45, 7) is 5.34. The van der Waals surface area contributed by atoms with Crippen LogP contribution in [-0.4, -0.2) is 22.0 Å². The minimum atomic E-state index is -0.637. The van der Waals surface area contributed by atoms with E-state index in [9.17, 15) is 14.9 Å². The summed E-state index contributed by atoms with van der Waals surface area (Å²) in [6.07, 6.45) is 7.26. The average Bonchev–Trinajstić information content (AvgIpc) is 2.51. The molecule has 4 aliphatic rings. The first-order valence-corrected chi connectivity index (χ1v) is 9.92. The summed E-state index contributed by atoms with van der Waals surface area (Å²) >= 11 is 0. The summed E-state index contributed by atoms with van der Waals surface area (Å²) in [7, 11) is 0. The Morgan fingerprint density at radius 1 is 1.15 bits per heavy atom. The van der Waals surface area contributed by atoms with Crippen molar-refractivity contribution in [1.29, 1.82) is 0 Å². The smallest absolute Gasteiger partial charge is 0.338 e. The summed E-state index contributed by atoms with van der Waals surface area (Å²) < 4.78 is 5.35. The van der Waals surface area contributed by atoms with Crippen LogP contribution in [0, 0.1) is 27.9 Å². The first-order chi connectivity index (χ1) is 12.6. The van der Waals surface area contributed by atoms with Gasteiger partial charge in [-0.2, -0.15) is 0 Å². The first kappa shape index (κ1) is 18.3. The molecule has 0 aliphatic heterocycles. The lowest BCUT2D eigenvalue weighted by Gasteiger charge is -2.57. The van der Waals surface area contributed by atoms with Gasteiger partial charge in [-0.05, 0) is 89.2 Å². The zero-order chi connectivity index (χ0) is 19.4. The Balaban J connectivity index is 1.60. The highest BCUT2D eigenvalue weighted by Crippen LogP contribution is 2.57. The molecular weight excluding hydrogens is 344 g/mol. The quantitative estimate of drug-likeness (QED) is 0.460. The Hall–Kier alpha value is -2.11. The maximum atomic E-state index is 12.3. The highest BCUT2D eigenvalue weighted by molar-refractivity contribution is 5.91. The van der Waals surface area contributed by atoms with Crippen molar-refractivity contribution in [2.75, 3.05) is 5.32 Å². The van der Waals surface area contributed by atoms with E-state index in [-0.39, 0.29) is 16.8 Å². The molecule has 27 heavy (non-hydrogen) atoms. The van der Waals surface area contributed by atoms with Gasteiger partial charge in [-0.25, -0.2) is 4.79 Å². The largest absolute Gasteiger partial charge is 0.456 e. The molecule has 0 atom stereocenters. The molecule has 5 rings (SSSR count). The van der Waals surface area contributed by atoms with Crippen LogP contribution >= 0.6 is 0 Å². The minimum Gasteiger partial charge on any atom is -0.456 e. The summed E-state index contributed by atoms with van der Waals surface area (Å²) in [5.41, 5.74) is 0.0330. The molecule has 0 aromatic heterocycles. The van der Waals surface area contributed by atoms with E-state index in [4.69, 9.17) is 4.74 Å². The molecular formula is C21H28N2O4. The van der Waals surface area contributed by atoms with Crippen LogP contribution in [0.25, 0.3) is 0 Å². The van der Waals surface area contributed by atoms with Gasteiger partial charge < -0.3 is 10.1 Å². The van der Waals surface area contributed by atoms with Gasteiger partial charge in [0.25, 0.3) is 5.69 Å². The molecule has 4 fully saturated rings. The first-order valence-electron chi connectivity index (χ1n) is 9.92. The third kappa shape index (κ3) is 3.66. The normalized spacial score (nSPS) is 31.6. The van der Waals surface area contributed by atoms with E-state index in [2.05, 4.69) is 5.32 Å². The molecule has 146 valence electrons. The van der Waals surface area contributed by atoms with Crippen molar-refractivity contribution in [3.8, 4) is 0 Å². The van der Waals surface area contributed by atoms with E-state index in [0.29, 0.717) is 5.69 Å². The number of ether oxygens (including phenoxy) is 1. The second-order valence-corrected chi connectivity index (χ2v) is 9.81. The molecule has 6 nitrogen and oxygen atoms in total. The van der Waals surface area contributed by atoms with Gasteiger partial charge >= 0.3 is 5.97 Å². The molecule has 4 saturated carbocycles. The second kappa shape index (κ2) is 6.21. The maximum absolute atomic E-state index is 12.3. The highest BCUT2D eigenvalue weighted by atomic mass is 16.6. The second-order valence-electron chi connectivity index (χ2n) is 9.81. The van der Waals surface area contributed by atoms with Gasteiger partial charge in [0.2, 0.25) is 0 Å². The van der Waals surface area contributed by atoms with Gasteiger partial charge in [-0.15, -0.1) is 0 Å². The van der Waals surface area contributed by atoms with E-state index in [1.54, 1.807) is 32.9 Å². The molecule has 4 bridgehead atoms. The van der Waals surface area contributed by atoms with E-state index >= 15 is 0 Å². The molecule has 6 heteroatoms. The lowest BCUT2D eigenvalue weighted by molar-refractivity contribution is -0.384. The topological polar surface area (TPSA) is 81.5 Å². The van der Waals surface area contributed by atoms with Gasteiger partial charge in [-0.1, -0.05) is 0 Å². The zero-order valence-electron chi connectivity index (χ0n) is 16.3. The van der Waals surface area contributed by atoms with Gasteiger partial charge in [0.15, 0.2) is 0 Å². The Labute approximate surface area is 159 Å². The fourth-order valence-electron chi connectivity index (χ4n) is 5.80. The fourth-order valence-corrected chi connectivity index (χ4v) is 5.80. The third-order valence-electron chi connectivity index (χ3n) is 6.27. The van der Waals surface area contributed by atoms with E-state index < -0.39 is 16.5 Å². The fraction of sp³-hybridized carbons (Fsp3) is 0.667. The number of nitrogens with zero attached hydrogens (tertiary/aromatic N) is 1. The highest BCUT2D eigenvalue weighted by Gasteiger charge is 2.51. The number of esters is 1. The van der Waals surface area contributed by atoms with Gasteiger partial charge in [0, 0.05) is 11.6 Å². The van der Waals surface area contributed by atoms with Crippen LogP contribution in [0.5, 0.6) is 0 Å². The number of benzene rings is 1. The number of nitrogens with one attached hydrogen (secondary N) is 1. The van der Waals surface area contributed by atoms with Crippen LogP contribution < -0.4 is 5.32 Å². The van der Waals surface area contributed by atoms with Gasteiger partial charge in [0.1, 0.15) is 11.3 Å². The lowest BCUT2D eigenvalue weighted by atomic mass is 9.53. The van der Waals surface area contributed by atoms with Crippen LogP contribution in [0.3, 0.4) is 0 Å². The lowest BCUT2D eigenvalue weighted by Crippen LogP contribution is -2.54. The Morgan fingerprint density at radius 3 is 2.19 bits per heavy atom. The maximum Gasteiger partial charge on any atom is 0.338 e. The van der Waals surface area contributed by atoms with Crippen LogP contribution in [0.1, 0.15) is 69.7 Å². The summed E-state index contributed by atoms with van der Waals surface area (Å²) in [5.74, 6) is 1.73. The SMILES string of the molecule is CC(C)(C)OC(=O)c1ccc(NC23CC4CC(CC(C4)C2)C3)c([N+](=O)[O-])c1. The van der Waals surface area contributed by atoms with Crippen molar-refractivity contribution in [2.24, 2.45) is 17.8 Å². The van der Waals surface area contributed by atoms with E-state index in [1.165, 1.54) is 25.3 Å². The number of hydrogen-bond acceptors (Lipinski definition) is 5.